The van der Waals surface area contributed by atoms with Crippen molar-refractivity contribution in [3.63, 3.8) is 0 Å². The summed E-state index contributed by atoms with van der Waals surface area (Å²) in [5, 5.41) is 8.41. The van der Waals surface area contributed by atoms with Crippen molar-refractivity contribution in [1.29, 1.82) is 0 Å². The Morgan fingerprint density at radius 2 is 2.19 bits per heavy atom. The Labute approximate surface area is 89.1 Å². The van der Waals surface area contributed by atoms with Crippen molar-refractivity contribution >= 4 is 17.0 Å². The van der Waals surface area contributed by atoms with Gasteiger partial charge in [0.1, 0.15) is 0 Å². The van der Waals surface area contributed by atoms with Crippen LogP contribution in [-0.2, 0) is 17.8 Å². The molecule has 2 aromatic rings. The van der Waals surface area contributed by atoms with Crippen molar-refractivity contribution in [1.82, 2.24) is 9.55 Å². The number of rotatable bonds is 2. The van der Waals surface area contributed by atoms with E-state index in [1.54, 1.807) is 11.6 Å². The van der Waals surface area contributed by atoms with Crippen LogP contribution in [0, 0.1) is 0 Å². The third kappa shape index (κ3) is 1.42. The van der Waals surface area contributed by atoms with Crippen molar-refractivity contribution in [2.45, 2.75) is 5.92 Å². The second-order valence-corrected chi connectivity index (χ2v) is 3.44. The van der Waals surface area contributed by atoms with Gasteiger partial charge in [0, 0.05) is 12.6 Å². The standard InChI is InChI=1S/C10H8F2N2O2/c1-14-5-13-7-3-2-6(4-8(7)14)10(11,12)9(15)16/h2-5H,1H3,(H,15,16). The normalized spacial score (nSPS) is 11.9. The number of nitrogens with zero attached hydrogens (tertiary/aromatic N) is 2. The van der Waals surface area contributed by atoms with Gasteiger partial charge in [-0.05, 0) is 12.1 Å². The van der Waals surface area contributed by atoms with E-state index >= 15 is 0 Å². The fourth-order valence-electron chi connectivity index (χ4n) is 1.44. The van der Waals surface area contributed by atoms with E-state index in [1.165, 1.54) is 12.4 Å². The number of imidazole rings is 1. The Bertz CT molecular complexity index is 563. The number of aryl methyl sites for hydroxylation is 1. The predicted molar refractivity (Wildman–Crippen MR) is 52.2 cm³/mol. The number of carboxylic acid groups (broad SMARTS) is 1. The summed E-state index contributed by atoms with van der Waals surface area (Å²) in [6.07, 6.45) is 1.48. The summed E-state index contributed by atoms with van der Waals surface area (Å²) in [4.78, 5) is 14.4. The Morgan fingerprint density at radius 3 is 2.81 bits per heavy atom. The van der Waals surface area contributed by atoms with Gasteiger partial charge in [0.15, 0.2) is 0 Å². The highest BCUT2D eigenvalue weighted by Crippen LogP contribution is 2.30. The topological polar surface area (TPSA) is 55.1 Å². The van der Waals surface area contributed by atoms with Crippen LogP contribution in [0.4, 0.5) is 8.78 Å². The van der Waals surface area contributed by atoms with Gasteiger partial charge in [0.25, 0.3) is 0 Å². The molecule has 0 amide bonds. The number of carboxylic acids is 1. The van der Waals surface area contributed by atoms with Crippen LogP contribution in [0.15, 0.2) is 24.5 Å². The van der Waals surface area contributed by atoms with Gasteiger partial charge in [-0.15, -0.1) is 0 Å². The molecule has 2 rings (SSSR count). The summed E-state index contributed by atoms with van der Waals surface area (Å²) in [6.45, 7) is 0. The molecule has 1 aromatic heterocycles. The maximum absolute atomic E-state index is 13.2. The van der Waals surface area contributed by atoms with Crippen LogP contribution in [-0.4, -0.2) is 20.6 Å². The first kappa shape index (κ1) is 10.5. The van der Waals surface area contributed by atoms with E-state index in [1.807, 2.05) is 0 Å². The van der Waals surface area contributed by atoms with Gasteiger partial charge in [-0.25, -0.2) is 9.78 Å². The first-order valence-corrected chi connectivity index (χ1v) is 4.45. The summed E-state index contributed by atoms with van der Waals surface area (Å²) in [5.74, 6) is -6.03. The number of halogens is 2. The summed E-state index contributed by atoms with van der Waals surface area (Å²) in [5.41, 5.74) is 0.474. The van der Waals surface area contributed by atoms with Gasteiger partial charge in [-0.1, -0.05) is 6.07 Å². The lowest BCUT2D eigenvalue weighted by atomic mass is 10.1. The van der Waals surface area contributed by atoms with E-state index in [0.29, 0.717) is 11.0 Å². The highest BCUT2D eigenvalue weighted by Gasteiger charge is 2.41. The molecule has 6 heteroatoms. The molecule has 1 N–H and O–H groups in total. The van der Waals surface area contributed by atoms with E-state index in [-0.39, 0.29) is 0 Å². The lowest BCUT2D eigenvalue weighted by Crippen LogP contribution is -2.25. The zero-order valence-electron chi connectivity index (χ0n) is 8.32. The fraction of sp³-hybridized carbons (Fsp3) is 0.200. The number of aliphatic carboxylic acids is 1. The molecule has 1 aromatic carbocycles. The van der Waals surface area contributed by atoms with Crippen molar-refractivity contribution in [3.8, 4) is 0 Å². The van der Waals surface area contributed by atoms with Gasteiger partial charge in [0.2, 0.25) is 0 Å². The number of hydrogen-bond donors (Lipinski definition) is 1. The SMILES string of the molecule is Cn1cnc2ccc(C(F)(F)C(=O)O)cc21. The molecule has 0 saturated carbocycles. The average Bonchev–Trinajstić information content (AvgIpc) is 2.60. The number of benzene rings is 1. The molecule has 0 radical (unpaired) electrons. The molecule has 84 valence electrons. The molecule has 0 fully saturated rings. The van der Waals surface area contributed by atoms with E-state index in [9.17, 15) is 13.6 Å². The summed E-state index contributed by atoms with van der Waals surface area (Å²) < 4.78 is 28.0. The molecule has 1 heterocycles. The van der Waals surface area contributed by atoms with Gasteiger partial charge in [-0.3, -0.25) is 0 Å². The molecule has 0 unspecified atom stereocenters. The zero-order chi connectivity index (χ0) is 11.9. The summed E-state index contributed by atoms with van der Waals surface area (Å²) in [6, 6.07) is 3.58. The third-order valence-electron chi connectivity index (χ3n) is 2.36. The first-order valence-electron chi connectivity index (χ1n) is 4.45. The molecule has 0 atom stereocenters. The molecule has 0 aliphatic heterocycles. The predicted octanol–water partition coefficient (Wildman–Crippen LogP) is 1.75. The average molecular weight is 226 g/mol. The number of alkyl halides is 2. The molecular weight excluding hydrogens is 218 g/mol. The molecule has 0 spiro atoms. The molecular formula is C10H8F2N2O2. The van der Waals surface area contributed by atoms with E-state index in [0.717, 1.165) is 12.1 Å². The van der Waals surface area contributed by atoms with Crippen LogP contribution in [0.2, 0.25) is 0 Å². The maximum Gasteiger partial charge on any atom is 0.379 e. The highest BCUT2D eigenvalue weighted by molar-refractivity contribution is 5.81. The second-order valence-electron chi connectivity index (χ2n) is 3.44. The zero-order valence-corrected chi connectivity index (χ0v) is 8.32. The molecule has 0 bridgehead atoms. The van der Waals surface area contributed by atoms with Crippen LogP contribution < -0.4 is 0 Å². The fourth-order valence-corrected chi connectivity index (χ4v) is 1.44. The molecule has 4 nitrogen and oxygen atoms in total. The Balaban J connectivity index is 2.62. The highest BCUT2D eigenvalue weighted by atomic mass is 19.3. The minimum Gasteiger partial charge on any atom is -0.477 e. The monoisotopic (exact) mass is 226 g/mol. The number of hydrogen-bond acceptors (Lipinski definition) is 2. The minimum absolute atomic E-state index is 0.471. The largest absolute Gasteiger partial charge is 0.477 e. The maximum atomic E-state index is 13.2. The van der Waals surface area contributed by atoms with Gasteiger partial charge in [0.05, 0.1) is 17.4 Å². The summed E-state index contributed by atoms with van der Waals surface area (Å²) in [7, 11) is 1.65. The molecule has 0 saturated heterocycles. The molecule has 0 aliphatic carbocycles. The number of aromatic nitrogens is 2. The van der Waals surface area contributed by atoms with Crippen molar-refractivity contribution in [2.24, 2.45) is 7.05 Å². The minimum atomic E-state index is -3.88. The lowest BCUT2D eigenvalue weighted by Gasteiger charge is -2.11. The number of fused-ring (bicyclic) bond motifs is 1. The van der Waals surface area contributed by atoms with Crippen LogP contribution in [0.5, 0.6) is 0 Å². The van der Waals surface area contributed by atoms with Crippen LogP contribution in [0.1, 0.15) is 5.56 Å². The third-order valence-corrected chi connectivity index (χ3v) is 2.36. The number of carbonyl (C=O) groups is 1. The van der Waals surface area contributed by atoms with Gasteiger partial charge < -0.3 is 9.67 Å². The van der Waals surface area contributed by atoms with Crippen molar-refractivity contribution in [2.75, 3.05) is 0 Å². The van der Waals surface area contributed by atoms with Crippen LogP contribution in [0.25, 0.3) is 11.0 Å². The summed E-state index contributed by atoms with van der Waals surface area (Å²) >= 11 is 0. The van der Waals surface area contributed by atoms with Crippen molar-refractivity contribution in [3.05, 3.63) is 30.1 Å². The van der Waals surface area contributed by atoms with Gasteiger partial charge in [-0.2, -0.15) is 8.78 Å². The van der Waals surface area contributed by atoms with E-state index in [2.05, 4.69) is 4.98 Å². The van der Waals surface area contributed by atoms with Crippen molar-refractivity contribution < 1.29 is 18.7 Å². The van der Waals surface area contributed by atoms with Gasteiger partial charge >= 0.3 is 11.9 Å². The first-order chi connectivity index (χ1) is 7.43. The lowest BCUT2D eigenvalue weighted by molar-refractivity contribution is -0.166. The smallest absolute Gasteiger partial charge is 0.379 e. The quantitative estimate of drug-likeness (QED) is 0.848. The molecule has 0 aliphatic rings. The molecule has 16 heavy (non-hydrogen) atoms. The van der Waals surface area contributed by atoms with Crippen LogP contribution in [0.3, 0.4) is 0 Å². The Hall–Kier alpha value is -1.98. The Morgan fingerprint density at radius 1 is 1.50 bits per heavy atom. The second kappa shape index (κ2) is 3.26. The van der Waals surface area contributed by atoms with Crippen LogP contribution >= 0.6 is 0 Å². The van der Waals surface area contributed by atoms with E-state index in [4.69, 9.17) is 5.11 Å². The van der Waals surface area contributed by atoms with E-state index < -0.39 is 17.5 Å². The Kier molecular flexibility index (Phi) is 2.15.